The number of carbonyl (C=O) groups is 1. The molecule has 86 valence electrons. The van der Waals surface area contributed by atoms with Gasteiger partial charge in [0.1, 0.15) is 0 Å². The van der Waals surface area contributed by atoms with E-state index in [1.54, 1.807) is 6.08 Å². The highest BCUT2D eigenvalue weighted by molar-refractivity contribution is 5.96. The van der Waals surface area contributed by atoms with Crippen molar-refractivity contribution >= 4 is 5.78 Å². The van der Waals surface area contributed by atoms with E-state index in [2.05, 4.69) is 13.0 Å². The molecule has 3 fully saturated rings. The summed E-state index contributed by atoms with van der Waals surface area (Å²) in [5.74, 6) is 0.946. The summed E-state index contributed by atoms with van der Waals surface area (Å²) in [5.41, 5.74) is 0.121. The normalized spacial score (nSPS) is 51.8. The second kappa shape index (κ2) is 2.59. The molecule has 0 aromatic carbocycles. The van der Waals surface area contributed by atoms with Gasteiger partial charge in [-0.2, -0.15) is 0 Å². The van der Waals surface area contributed by atoms with Crippen LogP contribution in [0.25, 0.3) is 0 Å². The fraction of sp³-hybridized carbons (Fsp3) is 0.769. The van der Waals surface area contributed by atoms with Crippen LogP contribution in [0.1, 0.15) is 19.8 Å². The Morgan fingerprint density at radius 1 is 1.31 bits per heavy atom. The Morgan fingerprint density at radius 2 is 2.06 bits per heavy atom. The number of ketones is 1. The van der Waals surface area contributed by atoms with Crippen molar-refractivity contribution in [3.05, 3.63) is 12.2 Å². The monoisotopic (exact) mass is 220 g/mol. The maximum absolute atomic E-state index is 11.8. The van der Waals surface area contributed by atoms with Crippen molar-refractivity contribution in [1.82, 2.24) is 0 Å². The number of ether oxygens (including phenoxy) is 2. The molecule has 4 atom stereocenters. The smallest absolute Gasteiger partial charge is 0.172 e. The van der Waals surface area contributed by atoms with Gasteiger partial charge in [-0.1, -0.05) is 13.0 Å². The van der Waals surface area contributed by atoms with Crippen LogP contribution in [0, 0.1) is 23.2 Å². The summed E-state index contributed by atoms with van der Waals surface area (Å²) in [5, 5.41) is 0. The van der Waals surface area contributed by atoms with E-state index in [0.717, 1.165) is 12.8 Å². The van der Waals surface area contributed by atoms with Gasteiger partial charge in [0.2, 0.25) is 0 Å². The summed E-state index contributed by atoms with van der Waals surface area (Å²) in [6.45, 7) is 3.66. The molecule has 1 spiro atoms. The van der Waals surface area contributed by atoms with Gasteiger partial charge in [-0.15, -0.1) is 0 Å². The predicted molar refractivity (Wildman–Crippen MR) is 56.6 cm³/mol. The lowest BCUT2D eigenvalue weighted by Crippen LogP contribution is -2.59. The zero-order valence-electron chi connectivity index (χ0n) is 9.44. The van der Waals surface area contributed by atoms with E-state index in [1.165, 1.54) is 0 Å². The van der Waals surface area contributed by atoms with E-state index < -0.39 is 0 Å². The summed E-state index contributed by atoms with van der Waals surface area (Å²) >= 11 is 0. The molecule has 0 N–H and O–H groups in total. The molecule has 0 amide bonds. The van der Waals surface area contributed by atoms with Gasteiger partial charge in [-0.05, 0) is 23.8 Å². The van der Waals surface area contributed by atoms with Crippen molar-refractivity contribution in [1.29, 1.82) is 0 Å². The Labute approximate surface area is 94.8 Å². The van der Waals surface area contributed by atoms with E-state index in [9.17, 15) is 4.79 Å². The number of fused-ring (bicyclic) bond motifs is 5. The van der Waals surface area contributed by atoms with E-state index in [1.807, 2.05) is 0 Å². The first kappa shape index (κ1) is 9.37. The number of hydrogen-bond acceptors (Lipinski definition) is 3. The van der Waals surface area contributed by atoms with Crippen molar-refractivity contribution in [3.8, 4) is 0 Å². The van der Waals surface area contributed by atoms with E-state index in [4.69, 9.17) is 9.47 Å². The molecule has 2 saturated carbocycles. The molecular formula is C13H16O3. The van der Waals surface area contributed by atoms with Gasteiger partial charge in [0.15, 0.2) is 11.6 Å². The Hall–Kier alpha value is -0.670. The molecule has 16 heavy (non-hydrogen) atoms. The molecule has 0 unspecified atom stereocenters. The van der Waals surface area contributed by atoms with Crippen molar-refractivity contribution in [2.75, 3.05) is 13.2 Å². The Bertz CT molecular complexity index is 394. The van der Waals surface area contributed by atoms with Gasteiger partial charge in [0.25, 0.3) is 0 Å². The second-order valence-corrected chi connectivity index (χ2v) is 5.81. The van der Waals surface area contributed by atoms with E-state index in [0.29, 0.717) is 30.8 Å². The number of carbonyl (C=O) groups excluding carboxylic acids is 1. The Kier molecular flexibility index (Phi) is 1.52. The Balaban J connectivity index is 1.76. The summed E-state index contributed by atoms with van der Waals surface area (Å²) in [6.07, 6.45) is 5.87. The standard InChI is InChI=1S/C13H16O3/c1-12-4-5-13(15-6-7-16-13)11(12)8-2-3-9(14)10(8)12/h2-3,8,10-11H,4-7H2,1H3/t8-,10-,11+,12-/m1/s1. The maximum Gasteiger partial charge on any atom is 0.172 e. The first-order valence-electron chi connectivity index (χ1n) is 6.17. The minimum Gasteiger partial charge on any atom is -0.347 e. The number of rotatable bonds is 0. The van der Waals surface area contributed by atoms with Crippen LogP contribution < -0.4 is 0 Å². The van der Waals surface area contributed by atoms with Crippen molar-refractivity contribution < 1.29 is 14.3 Å². The third-order valence-corrected chi connectivity index (χ3v) is 5.24. The molecule has 1 heterocycles. The minimum atomic E-state index is -0.356. The highest BCUT2D eigenvalue weighted by Crippen LogP contribution is 2.71. The number of allylic oxidation sites excluding steroid dienone is 2. The van der Waals surface area contributed by atoms with Gasteiger partial charge in [0.05, 0.1) is 13.2 Å². The molecule has 0 aromatic rings. The molecule has 1 aliphatic heterocycles. The summed E-state index contributed by atoms with van der Waals surface area (Å²) in [7, 11) is 0. The van der Waals surface area contributed by atoms with Crippen LogP contribution in [-0.4, -0.2) is 24.8 Å². The third-order valence-electron chi connectivity index (χ3n) is 5.24. The molecule has 3 nitrogen and oxygen atoms in total. The summed E-state index contributed by atoms with van der Waals surface area (Å²) in [6, 6.07) is 0. The molecule has 0 radical (unpaired) electrons. The highest BCUT2D eigenvalue weighted by atomic mass is 16.7. The molecule has 0 aromatic heterocycles. The topological polar surface area (TPSA) is 35.5 Å². The fourth-order valence-electron chi connectivity index (χ4n) is 4.69. The minimum absolute atomic E-state index is 0.121. The average Bonchev–Trinajstić information content (AvgIpc) is 2.86. The van der Waals surface area contributed by atoms with Gasteiger partial charge < -0.3 is 9.47 Å². The van der Waals surface area contributed by atoms with Gasteiger partial charge in [-0.25, -0.2) is 0 Å². The van der Waals surface area contributed by atoms with Crippen LogP contribution in [0.4, 0.5) is 0 Å². The largest absolute Gasteiger partial charge is 0.347 e. The van der Waals surface area contributed by atoms with Crippen molar-refractivity contribution in [3.63, 3.8) is 0 Å². The molecule has 0 bridgehead atoms. The van der Waals surface area contributed by atoms with E-state index in [-0.39, 0.29) is 17.1 Å². The van der Waals surface area contributed by atoms with Gasteiger partial charge in [-0.3, -0.25) is 4.79 Å². The molecular weight excluding hydrogens is 204 g/mol. The van der Waals surface area contributed by atoms with E-state index >= 15 is 0 Å². The molecule has 3 aliphatic carbocycles. The predicted octanol–water partition coefficient (Wildman–Crippen LogP) is 1.53. The fourth-order valence-corrected chi connectivity index (χ4v) is 4.69. The zero-order valence-corrected chi connectivity index (χ0v) is 9.44. The van der Waals surface area contributed by atoms with Crippen LogP contribution in [-0.2, 0) is 14.3 Å². The summed E-state index contributed by atoms with van der Waals surface area (Å²) in [4.78, 5) is 11.8. The van der Waals surface area contributed by atoms with Crippen LogP contribution in [0.3, 0.4) is 0 Å². The summed E-state index contributed by atoms with van der Waals surface area (Å²) < 4.78 is 11.8. The van der Waals surface area contributed by atoms with Crippen molar-refractivity contribution in [2.24, 2.45) is 23.2 Å². The maximum atomic E-state index is 11.8. The first-order chi connectivity index (χ1) is 7.67. The lowest BCUT2D eigenvalue weighted by atomic mass is 9.49. The lowest BCUT2D eigenvalue weighted by Gasteiger charge is -2.56. The van der Waals surface area contributed by atoms with Crippen LogP contribution in [0.15, 0.2) is 12.2 Å². The molecule has 4 rings (SSSR count). The average molecular weight is 220 g/mol. The molecule has 3 heteroatoms. The quantitative estimate of drug-likeness (QED) is 0.621. The zero-order chi connectivity index (χ0) is 11.0. The number of hydrogen-bond donors (Lipinski definition) is 0. The highest BCUT2D eigenvalue weighted by Gasteiger charge is 2.73. The van der Waals surface area contributed by atoms with Crippen LogP contribution >= 0.6 is 0 Å². The van der Waals surface area contributed by atoms with Crippen LogP contribution in [0.2, 0.25) is 0 Å². The van der Waals surface area contributed by atoms with Crippen LogP contribution in [0.5, 0.6) is 0 Å². The first-order valence-corrected chi connectivity index (χ1v) is 6.17. The third kappa shape index (κ3) is 0.800. The Morgan fingerprint density at radius 3 is 2.81 bits per heavy atom. The van der Waals surface area contributed by atoms with Gasteiger partial charge in [0, 0.05) is 18.3 Å². The molecule has 4 aliphatic rings. The van der Waals surface area contributed by atoms with Gasteiger partial charge >= 0.3 is 0 Å². The SMILES string of the molecule is C[C@]12CCC3(OCCO3)[C@H]1[C@@H]1C=CC(=O)[C@@H]12. The lowest BCUT2D eigenvalue weighted by molar-refractivity contribution is -0.241. The van der Waals surface area contributed by atoms with Crippen molar-refractivity contribution in [2.45, 2.75) is 25.6 Å². The molecule has 1 saturated heterocycles. The second-order valence-electron chi connectivity index (χ2n) is 5.81.